The van der Waals surface area contributed by atoms with Gasteiger partial charge in [0.15, 0.2) is 5.17 Å². The first-order valence-electron chi connectivity index (χ1n) is 4.02. The van der Waals surface area contributed by atoms with Gasteiger partial charge in [-0.15, -0.1) is 11.3 Å². The van der Waals surface area contributed by atoms with Crippen LogP contribution in [0, 0.1) is 6.92 Å². The number of amidine groups is 1. The van der Waals surface area contributed by atoms with E-state index in [2.05, 4.69) is 36.3 Å². The number of hydrogen-bond acceptors (Lipinski definition) is 3. The zero-order valence-corrected chi connectivity index (χ0v) is 9.91. The number of hydrogen-bond donors (Lipinski definition) is 0. The molecule has 0 aliphatic heterocycles. The van der Waals surface area contributed by atoms with Crippen molar-refractivity contribution in [2.45, 2.75) is 6.92 Å². The highest BCUT2D eigenvalue weighted by atomic mass is 32.2. The number of thioether (sulfide) groups is 1. The highest BCUT2D eigenvalue weighted by molar-refractivity contribution is 8.13. The van der Waals surface area contributed by atoms with Crippen molar-refractivity contribution in [1.82, 2.24) is 0 Å². The summed E-state index contributed by atoms with van der Waals surface area (Å²) in [6.45, 7) is 9.40. The molecule has 0 amide bonds. The third kappa shape index (κ3) is 2.82. The van der Waals surface area contributed by atoms with Gasteiger partial charge < -0.3 is 0 Å². The third-order valence-electron chi connectivity index (χ3n) is 1.57. The van der Waals surface area contributed by atoms with Crippen molar-refractivity contribution >= 4 is 40.7 Å². The van der Waals surface area contributed by atoms with E-state index in [1.54, 1.807) is 11.3 Å². The van der Waals surface area contributed by atoms with Gasteiger partial charge in [-0.1, -0.05) is 18.3 Å². The molecule has 0 atom stereocenters. The topological polar surface area (TPSA) is 24.7 Å². The third-order valence-corrected chi connectivity index (χ3v) is 3.21. The predicted octanol–water partition coefficient (Wildman–Crippen LogP) is 3.45. The molecule has 1 heterocycles. The van der Waals surface area contributed by atoms with Crippen molar-refractivity contribution in [2.75, 3.05) is 6.26 Å². The van der Waals surface area contributed by atoms with Gasteiger partial charge in [0, 0.05) is 4.88 Å². The summed E-state index contributed by atoms with van der Waals surface area (Å²) in [6, 6.07) is 4.08. The van der Waals surface area contributed by atoms with Crippen molar-refractivity contribution in [3.05, 3.63) is 28.5 Å². The van der Waals surface area contributed by atoms with Crippen LogP contribution in [0.4, 0.5) is 0 Å². The first-order valence-corrected chi connectivity index (χ1v) is 6.06. The molecule has 14 heavy (non-hydrogen) atoms. The lowest BCUT2D eigenvalue weighted by Gasteiger charge is -1.97. The van der Waals surface area contributed by atoms with Gasteiger partial charge in [-0.05, 0) is 32.0 Å². The van der Waals surface area contributed by atoms with E-state index in [1.807, 2.05) is 12.3 Å². The Morgan fingerprint density at radius 3 is 2.64 bits per heavy atom. The van der Waals surface area contributed by atoms with Gasteiger partial charge in [-0.25, -0.2) is 9.98 Å². The molecule has 1 rings (SSSR count). The summed E-state index contributed by atoms with van der Waals surface area (Å²) in [5.41, 5.74) is 0.750. The lowest BCUT2D eigenvalue weighted by molar-refractivity contribution is 1.57. The van der Waals surface area contributed by atoms with Crippen LogP contribution < -0.4 is 0 Å². The fraction of sp³-hybridized carbons (Fsp3) is 0.200. The Hall–Kier alpha value is -0.870. The van der Waals surface area contributed by atoms with Gasteiger partial charge in [0.1, 0.15) is 0 Å². The van der Waals surface area contributed by atoms with Crippen LogP contribution in [-0.2, 0) is 0 Å². The van der Waals surface area contributed by atoms with Crippen molar-refractivity contribution in [2.24, 2.45) is 9.98 Å². The van der Waals surface area contributed by atoms with Crippen LogP contribution in [0.2, 0.25) is 0 Å². The minimum Gasteiger partial charge on any atom is -0.239 e. The smallest absolute Gasteiger partial charge is 0.187 e. The van der Waals surface area contributed by atoms with Crippen molar-refractivity contribution in [1.29, 1.82) is 0 Å². The Balaban J connectivity index is 2.86. The van der Waals surface area contributed by atoms with Crippen LogP contribution in [0.3, 0.4) is 0 Å². The first-order chi connectivity index (χ1) is 6.67. The van der Waals surface area contributed by atoms with Crippen molar-refractivity contribution in [3.8, 4) is 0 Å². The van der Waals surface area contributed by atoms with E-state index in [9.17, 15) is 0 Å². The monoisotopic (exact) mass is 224 g/mol. The maximum atomic E-state index is 4.26. The molecular formula is C10H12N2S2. The Labute approximate surface area is 92.5 Å². The van der Waals surface area contributed by atoms with Gasteiger partial charge in [0.05, 0.1) is 10.6 Å². The van der Waals surface area contributed by atoms with Crippen LogP contribution in [-0.4, -0.2) is 18.1 Å². The molecule has 0 unspecified atom stereocenters. The molecular weight excluding hydrogens is 212 g/mol. The van der Waals surface area contributed by atoms with Crippen LogP contribution in [0.1, 0.15) is 9.75 Å². The molecule has 0 N–H and O–H groups in total. The molecule has 0 saturated carbocycles. The predicted molar refractivity (Wildman–Crippen MR) is 68.6 cm³/mol. The Bertz CT molecular complexity index is 377. The molecule has 1 aromatic rings. The normalized spacial score (nSPS) is 11.4. The van der Waals surface area contributed by atoms with Gasteiger partial charge in [-0.3, -0.25) is 0 Å². The van der Waals surface area contributed by atoms with E-state index in [0.717, 1.165) is 10.6 Å². The summed E-state index contributed by atoms with van der Waals surface area (Å²) in [5.74, 6) is 0. The van der Waals surface area contributed by atoms with E-state index in [-0.39, 0.29) is 0 Å². The second-order valence-corrected chi connectivity index (χ2v) is 4.67. The van der Waals surface area contributed by atoms with Gasteiger partial charge in [0.25, 0.3) is 0 Å². The summed E-state index contributed by atoms with van der Waals surface area (Å²) >= 11 is 3.15. The second kappa shape index (κ2) is 5.12. The highest BCUT2D eigenvalue weighted by Crippen LogP contribution is 2.24. The van der Waals surface area contributed by atoms with E-state index < -0.39 is 0 Å². The molecule has 0 aliphatic carbocycles. The van der Waals surface area contributed by atoms with Crippen molar-refractivity contribution in [3.63, 3.8) is 0 Å². The van der Waals surface area contributed by atoms with Gasteiger partial charge in [-0.2, -0.15) is 0 Å². The van der Waals surface area contributed by atoms with Crippen LogP contribution in [0.15, 0.2) is 28.7 Å². The Morgan fingerprint density at radius 2 is 2.21 bits per heavy atom. The summed E-state index contributed by atoms with van der Waals surface area (Å²) in [7, 11) is 0. The largest absolute Gasteiger partial charge is 0.239 e. The maximum Gasteiger partial charge on any atom is 0.187 e. The van der Waals surface area contributed by atoms with Crippen LogP contribution in [0.25, 0.3) is 5.70 Å². The summed E-state index contributed by atoms with van der Waals surface area (Å²) in [5, 5.41) is 0.654. The lowest BCUT2D eigenvalue weighted by atomic mass is 10.4. The zero-order valence-electron chi connectivity index (χ0n) is 8.28. The molecule has 0 aromatic carbocycles. The molecule has 0 saturated heterocycles. The number of aliphatic imine (C=N–C) groups is 2. The Kier molecular flexibility index (Phi) is 4.10. The number of rotatable bonds is 2. The SMILES string of the molecule is C=NC(=NC(=C)c1ccc(C)s1)SC. The molecule has 0 aliphatic rings. The minimum absolute atomic E-state index is 0.654. The lowest BCUT2D eigenvalue weighted by Crippen LogP contribution is -1.84. The molecule has 2 nitrogen and oxygen atoms in total. The standard InChI is InChI=1S/C10H12N2S2/c1-7-5-6-9(14-7)8(2)12-10(11-3)13-4/h5-6H,2-3H2,1,4H3. The fourth-order valence-corrected chi connectivity index (χ4v) is 2.02. The van der Waals surface area contributed by atoms with E-state index in [1.165, 1.54) is 16.6 Å². The van der Waals surface area contributed by atoms with Crippen LogP contribution in [0.5, 0.6) is 0 Å². The second-order valence-electron chi connectivity index (χ2n) is 2.61. The maximum absolute atomic E-state index is 4.26. The molecule has 0 radical (unpaired) electrons. The number of aryl methyl sites for hydroxylation is 1. The fourth-order valence-electron chi connectivity index (χ4n) is 0.906. The average molecular weight is 224 g/mol. The van der Waals surface area contributed by atoms with Crippen molar-refractivity contribution < 1.29 is 0 Å². The van der Waals surface area contributed by atoms with Gasteiger partial charge >= 0.3 is 0 Å². The molecule has 4 heteroatoms. The highest BCUT2D eigenvalue weighted by Gasteiger charge is 2.01. The first kappa shape index (κ1) is 11.2. The van der Waals surface area contributed by atoms with E-state index in [4.69, 9.17) is 0 Å². The average Bonchev–Trinajstić information content (AvgIpc) is 2.61. The number of nitrogens with zero attached hydrogens (tertiary/aromatic N) is 2. The molecule has 74 valence electrons. The quantitative estimate of drug-likeness (QED) is 0.558. The summed E-state index contributed by atoms with van der Waals surface area (Å²) < 4.78 is 0. The minimum atomic E-state index is 0.654. The summed E-state index contributed by atoms with van der Waals surface area (Å²) in [6.07, 6.45) is 1.92. The van der Waals surface area contributed by atoms with Gasteiger partial charge in [0.2, 0.25) is 0 Å². The molecule has 0 spiro atoms. The molecule has 1 aromatic heterocycles. The van der Waals surface area contributed by atoms with Crippen LogP contribution >= 0.6 is 23.1 Å². The Morgan fingerprint density at radius 1 is 1.50 bits per heavy atom. The zero-order chi connectivity index (χ0) is 10.6. The molecule has 0 bridgehead atoms. The van der Waals surface area contributed by atoms with E-state index in [0.29, 0.717) is 5.17 Å². The van der Waals surface area contributed by atoms with E-state index >= 15 is 0 Å². The number of thiophene rings is 1. The summed E-state index contributed by atoms with van der Waals surface area (Å²) in [4.78, 5) is 10.4. The molecule has 0 fully saturated rings.